The molecule has 0 bridgehead atoms. The first-order valence-electron chi connectivity index (χ1n) is 9.55. The maximum Gasteiger partial charge on any atom is 0.251 e. The molecule has 3 aromatic carbocycles. The fourth-order valence-electron chi connectivity index (χ4n) is 3.76. The largest absolute Gasteiger partial charge is 0.379 e. The number of rotatable bonds is 5. The van der Waals surface area contributed by atoms with E-state index in [4.69, 9.17) is 4.74 Å². The quantitative estimate of drug-likeness (QED) is 0.641. The number of amides is 1. The summed E-state index contributed by atoms with van der Waals surface area (Å²) in [4.78, 5) is 15.1. The molecule has 1 N–H and O–H groups in total. The Hall–Kier alpha value is -2.21. The van der Waals surface area contributed by atoms with Crippen LogP contribution in [-0.2, 0) is 4.74 Å². The number of carbonyl (C=O) groups excluding carboxylic acids is 1. The third-order valence-corrected chi connectivity index (χ3v) is 5.76. The highest BCUT2D eigenvalue weighted by atomic mass is 79.9. The number of nitrogens with zero attached hydrogens (tertiary/aromatic N) is 1. The van der Waals surface area contributed by atoms with Gasteiger partial charge in [-0.1, -0.05) is 58.4 Å². The summed E-state index contributed by atoms with van der Waals surface area (Å²) in [7, 11) is 0. The van der Waals surface area contributed by atoms with Gasteiger partial charge in [-0.15, -0.1) is 0 Å². The summed E-state index contributed by atoms with van der Waals surface area (Å²) in [6, 6.07) is 22.4. The highest BCUT2D eigenvalue weighted by Crippen LogP contribution is 2.28. The average molecular weight is 439 g/mol. The molecule has 1 heterocycles. The molecule has 1 atom stereocenters. The lowest BCUT2D eigenvalue weighted by atomic mass is 9.97. The van der Waals surface area contributed by atoms with Crippen LogP contribution in [0.3, 0.4) is 0 Å². The van der Waals surface area contributed by atoms with Gasteiger partial charge in [0.15, 0.2) is 0 Å². The molecule has 1 amide bonds. The van der Waals surface area contributed by atoms with Gasteiger partial charge in [0.2, 0.25) is 0 Å². The van der Waals surface area contributed by atoms with Crippen LogP contribution in [0.2, 0.25) is 0 Å². The van der Waals surface area contributed by atoms with E-state index in [9.17, 15) is 4.79 Å². The number of hydrogen-bond acceptors (Lipinski definition) is 3. The average Bonchev–Trinajstić information content (AvgIpc) is 2.75. The Morgan fingerprint density at radius 2 is 1.71 bits per heavy atom. The molecule has 1 fully saturated rings. The Bertz CT molecular complexity index is 947. The Balaban J connectivity index is 1.60. The van der Waals surface area contributed by atoms with E-state index in [0.717, 1.165) is 30.8 Å². The highest BCUT2D eigenvalue weighted by Gasteiger charge is 2.24. The maximum absolute atomic E-state index is 12.7. The minimum absolute atomic E-state index is 0.0500. The number of benzene rings is 3. The van der Waals surface area contributed by atoms with Crippen molar-refractivity contribution in [1.29, 1.82) is 0 Å². The Morgan fingerprint density at radius 1 is 1.00 bits per heavy atom. The van der Waals surface area contributed by atoms with Crippen LogP contribution >= 0.6 is 15.9 Å². The van der Waals surface area contributed by atoms with Crippen LogP contribution in [0, 0.1) is 0 Å². The van der Waals surface area contributed by atoms with Crippen molar-refractivity contribution < 1.29 is 9.53 Å². The molecule has 4 rings (SSSR count). The maximum atomic E-state index is 12.7. The first-order valence-corrected chi connectivity index (χ1v) is 10.3. The second-order valence-corrected chi connectivity index (χ2v) is 7.87. The predicted octanol–water partition coefficient (Wildman–Crippen LogP) is 4.41. The van der Waals surface area contributed by atoms with Gasteiger partial charge in [0, 0.05) is 29.7 Å². The molecular formula is C23H23BrN2O2. The van der Waals surface area contributed by atoms with Crippen LogP contribution < -0.4 is 5.32 Å². The van der Waals surface area contributed by atoms with E-state index < -0.39 is 0 Å². The molecule has 28 heavy (non-hydrogen) atoms. The molecule has 0 aliphatic carbocycles. The lowest BCUT2D eigenvalue weighted by Gasteiger charge is -2.35. The third kappa shape index (κ3) is 4.27. The van der Waals surface area contributed by atoms with E-state index in [2.05, 4.69) is 68.6 Å². The van der Waals surface area contributed by atoms with Crippen LogP contribution in [0.15, 0.2) is 71.2 Å². The number of ether oxygens (including phenoxy) is 1. The highest BCUT2D eigenvalue weighted by molar-refractivity contribution is 9.10. The molecule has 0 radical (unpaired) electrons. The standard InChI is InChI=1S/C23H23BrN2O2/c24-19-10-8-18(9-11-19)23(27)25-16-22(26-12-14-28-15-13-26)21-7-3-5-17-4-1-2-6-20(17)21/h1-11,22H,12-16H2,(H,25,27). The van der Waals surface area contributed by atoms with Gasteiger partial charge < -0.3 is 10.1 Å². The van der Waals surface area contributed by atoms with Crippen molar-refractivity contribution in [3.8, 4) is 0 Å². The SMILES string of the molecule is O=C(NCC(c1cccc2ccccc12)N1CCOCC1)c1ccc(Br)cc1. The molecule has 1 saturated heterocycles. The van der Waals surface area contributed by atoms with Gasteiger partial charge in [0.05, 0.1) is 19.3 Å². The molecule has 3 aromatic rings. The van der Waals surface area contributed by atoms with Gasteiger partial charge in [-0.25, -0.2) is 0 Å². The summed E-state index contributed by atoms with van der Waals surface area (Å²) in [6.45, 7) is 3.73. The first kappa shape index (κ1) is 19.1. The number of hydrogen-bond donors (Lipinski definition) is 1. The van der Waals surface area contributed by atoms with Crippen LogP contribution in [0.4, 0.5) is 0 Å². The Labute approximate surface area is 173 Å². The molecule has 1 aliphatic heterocycles. The number of fused-ring (bicyclic) bond motifs is 1. The molecule has 0 spiro atoms. The number of nitrogens with one attached hydrogen (secondary N) is 1. The van der Waals surface area contributed by atoms with Crippen LogP contribution in [0.1, 0.15) is 22.0 Å². The van der Waals surface area contributed by atoms with E-state index in [1.165, 1.54) is 16.3 Å². The smallest absolute Gasteiger partial charge is 0.251 e. The second-order valence-electron chi connectivity index (χ2n) is 6.95. The van der Waals surface area contributed by atoms with Crippen molar-refractivity contribution in [3.63, 3.8) is 0 Å². The topological polar surface area (TPSA) is 41.6 Å². The van der Waals surface area contributed by atoms with Crippen molar-refractivity contribution in [2.24, 2.45) is 0 Å². The Morgan fingerprint density at radius 3 is 2.50 bits per heavy atom. The normalized spacial score (nSPS) is 16.0. The van der Waals surface area contributed by atoms with Crippen molar-refractivity contribution in [3.05, 3.63) is 82.3 Å². The molecule has 1 unspecified atom stereocenters. The Kier molecular flexibility index (Phi) is 6.05. The van der Waals surface area contributed by atoms with Crippen molar-refractivity contribution in [1.82, 2.24) is 10.2 Å². The number of morpholine rings is 1. The summed E-state index contributed by atoms with van der Waals surface area (Å²) >= 11 is 3.41. The molecule has 0 saturated carbocycles. The summed E-state index contributed by atoms with van der Waals surface area (Å²) in [6.07, 6.45) is 0. The fourth-order valence-corrected chi connectivity index (χ4v) is 4.02. The molecular weight excluding hydrogens is 416 g/mol. The zero-order chi connectivity index (χ0) is 19.3. The van der Waals surface area contributed by atoms with E-state index in [0.29, 0.717) is 12.1 Å². The van der Waals surface area contributed by atoms with E-state index >= 15 is 0 Å². The second kappa shape index (κ2) is 8.86. The minimum atomic E-state index is -0.0500. The summed E-state index contributed by atoms with van der Waals surface area (Å²) < 4.78 is 6.51. The molecule has 144 valence electrons. The van der Waals surface area contributed by atoms with Gasteiger partial charge in [-0.2, -0.15) is 0 Å². The third-order valence-electron chi connectivity index (χ3n) is 5.23. The molecule has 1 aliphatic rings. The van der Waals surface area contributed by atoms with Crippen molar-refractivity contribution >= 4 is 32.6 Å². The van der Waals surface area contributed by atoms with Crippen LogP contribution in [0.5, 0.6) is 0 Å². The lowest BCUT2D eigenvalue weighted by Crippen LogP contribution is -2.43. The molecule has 5 heteroatoms. The zero-order valence-electron chi connectivity index (χ0n) is 15.6. The predicted molar refractivity (Wildman–Crippen MR) is 116 cm³/mol. The van der Waals surface area contributed by atoms with E-state index in [1.807, 2.05) is 24.3 Å². The fraction of sp³-hybridized carbons (Fsp3) is 0.261. The first-order chi connectivity index (χ1) is 13.7. The summed E-state index contributed by atoms with van der Waals surface area (Å²) in [5.74, 6) is -0.0500. The minimum Gasteiger partial charge on any atom is -0.379 e. The van der Waals surface area contributed by atoms with Crippen molar-refractivity contribution in [2.75, 3.05) is 32.8 Å². The lowest BCUT2D eigenvalue weighted by molar-refractivity contribution is 0.0165. The van der Waals surface area contributed by atoms with Gasteiger partial charge in [-0.05, 0) is 40.6 Å². The van der Waals surface area contributed by atoms with Crippen molar-refractivity contribution in [2.45, 2.75) is 6.04 Å². The molecule has 0 aromatic heterocycles. The number of carbonyl (C=O) groups is 1. The number of halogens is 1. The molecule has 4 nitrogen and oxygen atoms in total. The van der Waals surface area contributed by atoms with Crippen LogP contribution in [0.25, 0.3) is 10.8 Å². The van der Waals surface area contributed by atoms with E-state index in [-0.39, 0.29) is 11.9 Å². The zero-order valence-corrected chi connectivity index (χ0v) is 17.2. The van der Waals surface area contributed by atoms with Gasteiger partial charge in [-0.3, -0.25) is 9.69 Å². The van der Waals surface area contributed by atoms with Gasteiger partial charge >= 0.3 is 0 Å². The van der Waals surface area contributed by atoms with Crippen LogP contribution in [-0.4, -0.2) is 43.7 Å². The summed E-state index contributed by atoms with van der Waals surface area (Å²) in [5, 5.41) is 5.60. The van der Waals surface area contributed by atoms with Gasteiger partial charge in [0.1, 0.15) is 0 Å². The monoisotopic (exact) mass is 438 g/mol. The van der Waals surface area contributed by atoms with Gasteiger partial charge in [0.25, 0.3) is 5.91 Å². The van der Waals surface area contributed by atoms with E-state index in [1.54, 1.807) is 0 Å². The summed E-state index contributed by atoms with van der Waals surface area (Å²) in [5.41, 5.74) is 1.91.